The monoisotopic (exact) mass is 345 g/mol. The Labute approximate surface area is 151 Å². The molecule has 2 saturated heterocycles. The first-order chi connectivity index (χ1) is 12.0. The Morgan fingerprint density at radius 3 is 2.40 bits per heavy atom. The lowest BCUT2D eigenvalue weighted by Crippen LogP contribution is -2.41. The van der Waals surface area contributed by atoms with Gasteiger partial charge in [-0.15, -0.1) is 0 Å². The highest BCUT2D eigenvalue weighted by atomic mass is 16.2. The zero-order valence-corrected chi connectivity index (χ0v) is 15.8. The molecule has 0 radical (unpaired) electrons. The van der Waals surface area contributed by atoms with Crippen LogP contribution in [0.25, 0.3) is 0 Å². The number of likely N-dealkylation sites (tertiary alicyclic amines) is 2. The highest BCUT2D eigenvalue weighted by Gasteiger charge is 2.33. The second-order valence-electron chi connectivity index (χ2n) is 7.76. The largest absolute Gasteiger partial charge is 0.347 e. The molecule has 3 heterocycles. The Morgan fingerprint density at radius 1 is 1.08 bits per heavy atom. The number of hydrogen-bond donors (Lipinski definition) is 0. The molecule has 138 valence electrons. The van der Waals surface area contributed by atoms with Crippen molar-refractivity contribution in [2.45, 2.75) is 38.6 Å². The minimum Gasteiger partial charge on any atom is -0.347 e. The first-order valence-electron chi connectivity index (χ1n) is 9.50. The summed E-state index contributed by atoms with van der Waals surface area (Å²) in [5.74, 6) is 1.93. The Bertz CT molecular complexity index is 566. The Kier molecular flexibility index (Phi) is 5.89. The Hall–Kier alpha value is -1.69. The molecule has 2 aliphatic heterocycles. The summed E-state index contributed by atoms with van der Waals surface area (Å²) in [4.78, 5) is 27.7. The maximum atomic E-state index is 12.6. The Balaban J connectivity index is 1.52. The number of carbonyl (C=O) groups excluding carboxylic acids is 1. The van der Waals surface area contributed by atoms with Gasteiger partial charge in [-0.3, -0.25) is 9.69 Å². The lowest BCUT2D eigenvalue weighted by Gasteiger charge is -2.36. The van der Waals surface area contributed by atoms with Crippen molar-refractivity contribution in [3.8, 4) is 0 Å². The summed E-state index contributed by atoms with van der Waals surface area (Å²) in [6.45, 7) is 3.96. The zero-order chi connectivity index (χ0) is 17.8. The third-order valence-electron chi connectivity index (χ3n) is 5.65. The fraction of sp³-hybridized carbons (Fsp3) is 0.737. The van der Waals surface area contributed by atoms with Gasteiger partial charge in [-0.1, -0.05) is 6.42 Å². The molecule has 1 aromatic rings. The van der Waals surface area contributed by atoms with E-state index in [0.29, 0.717) is 11.8 Å². The van der Waals surface area contributed by atoms with E-state index in [9.17, 15) is 4.79 Å². The minimum atomic E-state index is 0.248. The summed E-state index contributed by atoms with van der Waals surface area (Å²) < 4.78 is 0. The molecule has 3 rings (SSSR count). The van der Waals surface area contributed by atoms with Crippen LogP contribution in [-0.4, -0.2) is 66.5 Å². The standard InChI is InChI=1S/C19H31N5O/c1-22(2)19-20-12-15(13-21-19)14-24-10-7-16(8-11-24)17-6-4-5-9-23(3)18(17)25/h12-13,16-17H,4-11,14H2,1-3H3. The van der Waals surface area contributed by atoms with Crippen LogP contribution in [0.3, 0.4) is 0 Å². The van der Waals surface area contributed by atoms with Gasteiger partial charge in [-0.2, -0.15) is 0 Å². The van der Waals surface area contributed by atoms with Crippen molar-refractivity contribution in [2.24, 2.45) is 11.8 Å². The predicted octanol–water partition coefficient (Wildman–Crippen LogP) is 2.01. The smallest absolute Gasteiger partial charge is 0.225 e. The maximum Gasteiger partial charge on any atom is 0.225 e. The van der Waals surface area contributed by atoms with Crippen molar-refractivity contribution >= 4 is 11.9 Å². The van der Waals surface area contributed by atoms with E-state index in [1.165, 1.54) is 6.42 Å². The molecule has 0 aromatic carbocycles. The predicted molar refractivity (Wildman–Crippen MR) is 99.3 cm³/mol. The second kappa shape index (κ2) is 8.13. The molecule has 25 heavy (non-hydrogen) atoms. The van der Waals surface area contributed by atoms with Gasteiger partial charge in [-0.05, 0) is 44.7 Å². The molecule has 0 bridgehead atoms. The van der Waals surface area contributed by atoms with Crippen molar-refractivity contribution in [1.82, 2.24) is 19.8 Å². The van der Waals surface area contributed by atoms with E-state index in [2.05, 4.69) is 14.9 Å². The molecule has 0 saturated carbocycles. The van der Waals surface area contributed by atoms with Crippen LogP contribution >= 0.6 is 0 Å². The van der Waals surface area contributed by atoms with Crippen molar-refractivity contribution in [2.75, 3.05) is 45.7 Å². The van der Waals surface area contributed by atoms with Crippen LogP contribution in [-0.2, 0) is 11.3 Å². The van der Waals surface area contributed by atoms with Gasteiger partial charge in [0.05, 0.1) is 0 Å². The third-order valence-corrected chi connectivity index (χ3v) is 5.65. The molecule has 6 heteroatoms. The molecule has 1 aromatic heterocycles. The number of carbonyl (C=O) groups is 1. The number of rotatable bonds is 4. The number of hydrogen-bond acceptors (Lipinski definition) is 5. The summed E-state index contributed by atoms with van der Waals surface area (Å²) in [6, 6.07) is 0. The van der Waals surface area contributed by atoms with E-state index in [4.69, 9.17) is 0 Å². The van der Waals surface area contributed by atoms with Crippen LogP contribution in [0.5, 0.6) is 0 Å². The van der Waals surface area contributed by atoms with Crippen LogP contribution in [0.2, 0.25) is 0 Å². The zero-order valence-electron chi connectivity index (χ0n) is 15.8. The lowest BCUT2D eigenvalue weighted by molar-refractivity contribution is -0.136. The molecule has 2 aliphatic rings. The molecule has 0 N–H and O–H groups in total. The van der Waals surface area contributed by atoms with Gasteiger partial charge in [0.2, 0.25) is 11.9 Å². The van der Waals surface area contributed by atoms with Gasteiger partial charge in [0, 0.05) is 58.1 Å². The van der Waals surface area contributed by atoms with Gasteiger partial charge in [0.25, 0.3) is 0 Å². The third kappa shape index (κ3) is 4.48. The molecule has 6 nitrogen and oxygen atoms in total. The molecular formula is C19H31N5O. The summed E-state index contributed by atoms with van der Waals surface area (Å²) in [5.41, 5.74) is 1.16. The van der Waals surface area contributed by atoms with Crippen molar-refractivity contribution in [1.29, 1.82) is 0 Å². The molecule has 1 amide bonds. The molecule has 0 spiro atoms. The summed E-state index contributed by atoms with van der Waals surface area (Å²) in [6.07, 6.45) is 9.53. The second-order valence-corrected chi connectivity index (χ2v) is 7.76. The maximum absolute atomic E-state index is 12.6. The average molecular weight is 345 g/mol. The average Bonchev–Trinajstić information content (AvgIpc) is 2.78. The first-order valence-corrected chi connectivity index (χ1v) is 9.50. The number of nitrogens with zero attached hydrogens (tertiary/aromatic N) is 5. The minimum absolute atomic E-state index is 0.248. The van der Waals surface area contributed by atoms with Crippen LogP contribution in [0.15, 0.2) is 12.4 Å². The van der Waals surface area contributed by atoms with Gasteiger partial charge < -0.3 is 9.80 Å². The number of piperidine rings is 1. The molecule has 2 fully saturated rings. The number of aromatic nitrogens is 2. The highest BCUT2D eigenvalue weighted by molar-refractivity contribution is 5.79. The molecule has 0 aliphatic carbocycles. The molecule has 1 unspecified atom stereocenters. The normalized spacial score (nSPS) is 23.6. The topological polar surface area (TPSA) is 52.6 Å². The highest BCUT2D eigenvalue weighted by Crippen LogP contribution is 2.32. The molecule has 1 atom stereocenters. The van der Waals surface area contributed by atoms with Crippen LogP contribution in [0.1, 0.15) is 37.7 Å². The quantitative estimate of drug-likeness (QED) is 0.836. The molecular weight excluding hydrogens is 314 g/mol. The fourth-order valence-electron chi connectivity index (χ4n) is 4.10. The van der Waals surface area contributed by atoms with E-state index in [0.717, 1.165) is 63.4 Å². The number of anilines is 1. The lowest BCUT2D eigenvalue weighted by atomic mass is 9.81. The van der Waals surface area contributed by atoms with Gasteiger partial charge in [0.1, 0.15) is 0 Å². The summed E-state index contributed by atoms with van der Waals surface area (Å²) in [5, 5.41) is 0. The van der Waals surface area contributed by atoms with Crippen molar-refractivity contribution in [3.05, 3.63) is 18.0 Å². The van der Waals surface area contributed by atoms with E-state index < -0.39 is 0 Å². The van der Waals surface area contributed by atoms with E-state index in [1.54, 1.807) is 0 Å². The van der Waals surface area contributed by atoms with Crippen LogP contribution < -0.4 is 4.90 Å². The van der Waals surface area contributed by atoms with Crippen molar-refractivity contribution < 1.29 is 4.79 Å². The van der Waals surface area contributed by atoms with Gasteiger partial charge >= 0.3 is 0 Å². The SMILES string of the molecule is CN1CCCCC(C2CCN(Cc3cnc(N(C)C)nc3)CC2)C1=O. The summed E-state index contributed by atoms with van der Waals surface area (Å²) in [7, 11) is 5.87. The fourth-order valence-corrected chi connectivity index (χ4v) is 4.10. The van der Waals surface area contributed by atoms with E-state index in [1.807, 2.05) is 43.3 Å². The first kappa shape index (κ1) is 18.1. The number of amides is 1. The summed E-state index contributed by atoms with van der Waals surface area (Å²) >= 11 is 0. The van der Waals surface area contributed by atoms with Crippen LogP contribution in [0.4, 0.5) is 5.95 Å². The van der Waals surface area contributed by atoms with Crippen molar-refractivity contribution in [3.63, 3.8) is 0 Å². The van der Waals surface area contributed by atoms with Gasteiger partial charge in [0.15, 0.2) is 0 Å². The van der Waals surface area contributed by atoms with E-state index in [-0.39, 0.29) is 5.92 Å². The Morgan fingerprint density at radius 2 is 1.76 bits per heavy atom. The van der Waals surface area contributed by atoms with E-state index >= 15 is 0 Å². The van der Waals surface area contributed by atoms with Crippen LogP contribution in [0, 0.1) is 11.8 Å². The van der Waals surface area contributed by atoms with Gasteiger partial charge in [-0.25, -0.2) is 9.97 Å².